The Balaban J connectivity index is 4.79. The van der Waals surface area contributed by atoms with Gasteiger partial charge in [-0.3, -0.25) is 0 Å². The summed E-state index contributed by atoms with van der Waals surface area (Å²) in [5.74, 6) is 0. The summed E-state index contributed by atoms with van der Waals surface area (Å²) in [7, 11) is -1.44. The predicted octanol–water partition coefficient (Wildman–Crippen LogP) is 1.25. The van der Waals surface area contributed by atoms with E-state index in [9.17, 15) is 4.21 Å². The van der Waals surface area contributed by atoms with E-state index in [4.69, 9.17) is 5.14 Å². The molecule has 1 unspecified atom stereocenters. The molecule has 0 aliphatic heterocycles. The molecule has 0 rings (SSSR count). The average Bonchev–Trinajstić information content (AvgIpc) is 1.88. The van der Waals surface area contributed by atoms with Gasteiger partial charge in [-0.05, 0) is 12.5 Å². The fourth-order valence-corrected chi connectivity index (χ4v) is 1.07. The predicted molar refractivity (Wildman–Crippen MR) is 45.4 cm³/mol. The fourth-order valence-electron chi connectivity index (χ4n) is 0.502. The van der Waals surface area contributed by atoms with Crippen molar-refractivity contribution in [2.24, 2.45) is 5.14 Å². The zero-order valence-corrected chi connectivity index (χ0v) is 6.78. The van der Waals surface area contributed by atoms with Gasteiger partial charge in [-0.1, -0.05) is 25.3 Å². The van der Waals surface area contributed by atoms with E-state index in [1.165, 1.54) is 6.08 Å². The van der Waals surface area contributed by atoms with E-state index >= 15 is 0 Å². The molecular weight excluding hydrogens is 146 g/mol. The molecule has 0 bridgehead atoms. The SMILES string of the molecule is C=C/C(C)=C(\C=C)S(N)=O. The highest BCUT2D eigenvalue weighted by Gasteiger charge is 1.98. The van der Waals surface area contributed by atoms with Gasteiger partial charge in [-0.15, -0.1) is 0 Å². The second kappa shape index (κ2) is 4.19. The minimum absolute atomic E-state index is 0.537. The van der Waals surface area contributed by atoms with Crippen LogP contribution in [0.15, 0.2) is 35.8 Å². The van der Waals surface area contributed by atoms with Gasteiger partial charge in [0.25, 0.3) is 0 Å². The van der Waals surface area contributed by atoms with Crippen molar-refractivity contribution in [3.63, 3.8) is 0 Å². The Kier molecular flexibility index (Phi) is 3.91. The first-order valence-electron chi connectivity index (χ1n) is 2.75. The van der Waals surface area contributed by atoms with E-state index < -0.39 is 11.0 Å². The molecule has 0 heterocycles. The Bertz CT molecular complexity index is 206. The van der Waals surface area contributed by atoms with Crippen LogP contribution in [0.3, 0.4) is 0 Å². The van der Waals surface area contributed by atoms with Gasteiger partial charge in [0.1, 0.15) is 11.0 Å². The van der Waals surface area contributed by atoms with Gasteiger partial charge in [0.05, 0.1) is 4.91 Å². The van der Waals surface area contributed by atoms with Gasteiger partial charge in [-0.2, -0.15) is 0 Å². The van der Waals surface area contributed by atoms with Crippen LogP contribution in [0, 0.1) is 0 Å². The number of allylic oxidation sites excluding steroid dienone is 3. The Morgan fingerprint density at radius 3 is 2.10 bits per heavy atom. The van der Waals surface area contributed by atoms with Crippen molar-refractivity contribution >= 4 is 11.0 Å². The van der Waals surface area contributed by atoms with Crippen molar-refractivity contribution < 1.29 is 4.21 Å². The fraction of sp³-hybridized carbons (Fsp3) is 0.143. The first-order chi connectivity index (χ1) is 4.63. The molecule has 2 nitrogen and oxygen atoms in total. The van der Waals surface area contributed by atoms with Crippen molar-refractivity contribution in [1.82, 2.24) is 0 Å². The molecule has 0 aromatic rings. The summed E-state index contributed by atoms with van der Waals surface area (Å²) in [6.45, 7) is 8.78. The maximum absolute atomic E-state index is 10.7. The van der Waals surface area contributed by atoms with Crippen molar-refractivity contribution in [1.29, 1.82) is 0 Å². The molecule has 0 saturated heterocycles. The number of nitrogens with two attached hydrogens (primary N) is 1. The zero-order chi connectivity index (χ0) is 8.15. The average molecular weight is 157 g/mol. The van der Waals surface area contributed by atoms with Gasteiger partial charge in [0.2, 0.25) is 0 Å². The molecule has 0 spiro atoms. The smallest absolute Gasteiger partial charge is 0.122 e. The van der Waals surface area contributed by atoms with Crippen molar-refractivity contribution in [2.45, 2.75) is 6.92 Å². The molecular formula is C7H11NOS. The van der Waals surface area contributed by atoms with Crippen molar-refractivity contribution in [3.8, 4) is 0 Å². The highest BCUT2D eigenvalue weighted by atomic mass is 32.2. The summed E-state index contributed by atoms with van der Waals surface area (Å²) in [5.41, 5.74) is 0.802. The summed E-state index contributed by atoms with van der Waals surface area (Å²) in [6.07, 6.45) is 3.08. The molecule has 0 aliphatic rings. The third kappa shape index (κ3) is 2.29. The Morgan fingerprint density at radius 1 is 1.50 bits per heavy atom. The van der Waals surface area contributed by atoms with Gasteiger partial charge in [0, 0.05) is 0 Å². The Labute approximate surface area is 63.7 Å². The summed E-state index contributed by atoms with van der Waals surface area (Å²) in [4.78, 5) is 0.537. The molecule has 0 aromatic carbocycles. The topological polar surface area (TPSA) is 43.1 Å². The van der Waals surface area contributed by atoms with E-state index in [1.807, 2.05) is 0 Å². The molecule has 10 heavy (non-hydrogen) atoms. The highest BCUT2D eigenvalue weighted by molar-refractivity contribution is 7.87. The highest BCUT2D eigenvalue weighted by Crippen LogP contribution is 2.07. The van der Waals surface area contributed by atoms with Gasteiger partial charge in [-0.25, -0.2) is 9.35 Å². The van der Waals surface area contributed by atoms with E-state index in [0.717, 1.165) is 5.57 Å². The molecule has 0 radical (unpaired) electrons. The molecule has 2 N–H and O–H groups in total. The van der Waals surface area contributed by atoms with E-state index in [0.29, 0.717) is 4.91 Å². The number of hydrogen-bond donors (Lipinski definition) is 1. The Hall–Kier alpha value is -0.670. The van der Waals surface area contributed by atoms with Crippen LogP contribution in [0.5, 0.6) is 0 Å². The minimum Gasteiger partial charge on any atom is -0.248 e. The van der Waals surface area contributed by atoms with Crippen LogP contribution in [0.1, 0.15) is 6.92 Å². The van der Waals surface area contributed by atoms with Crippen molar-refractivity contribution in [3.05, 3.63) is 35.8 Å². The second-order valence-electron chi connectivity index (χ2n) is 1.75. The number of rotatable bonds is 3. The molecule has 56 valence electrons. The number of hydrogen-bond acceptors (Lipinski definition) is 1. The third-order valence-electron chi connectivity index (χ3n) is 1.10. The molecule has 0 aliphatic carbocycles. The van der Waals surface area contributed by atoms with Crippen molar-refractivity contribution in [2.75, 3.05) is 0 Å². The third-order valence-corrected chi connectivity index (χ3v) is 2.02. The van der Waals surface area contributed by atoms with Gasteiger partial charge < -0.3 is 0 Å². The van der Waals surface area contributed by atoms with Crippen LogP contribution in [-0.4, -0.2) is 4.21 Å². The maximum atomic E-state index is 10.7. The van der Waals surface area contributed by atoms with Crippen LogP contribution in [0.25, 0.3) is 0 Å². The van der Waals surface area contributed by atoms with Crippen LogP contribution >= 0.6 is 0 Å². The first kappa shape index (κ1) is 9.33. The summed E-state index contributed by atoms with van der Waals surface area (Å²) >= 11 is 0. The quantitative estimate of drug-likeness (QED) is 0.616. The Morgan fingerprint density at radius 2 is 2.00 bits per heavy atom. The molecule has 0 saturated carbocycles. The summed E-state index contributed by atoms with van der Waals surface area (Å²) in [6, 6.07) is 0. The second-order valence-corrected chi connectivity index (χ2v) is 2.79. The van der Waals surface area contributed by atoms with Gasteiger partial charge >= 0.3 is 0 Å². The summed E-state index contributed by atoms with van der Waals surface area (Å²) < 4.78 is 10.7. The molecule has 0 amide bonds. The van der Waals surface area contributed by atoms with Crippen LogP contribution < -0.4 is 5.14 Å². The largest absolute Gasteiger partial charge is 0.248 e. The van der Waals surface area contributed by atoms with Crippen LogP contribution in [0.2, 0.25) is 0 Å². The van der Waals surface area contributed by atoms with E-state index in [-0.39, 0.29) is 0 Å². The molecule has 3 heteroatoms. The molecule has 1 atom stereocenters. The van der Waals surface area contributed by atoms with E-state index in [2.05, 4.69) is 13.2 Å². The lowest BCUT2D eigenvalue weighted by Crippen LogP contribution is -2.04. The molecule has 0 fully saturated rings. The standard InChI is InChI=1S/C7H11NOS/c1-4-6(3)7(5-2)10(8)9/h4-5H,1-2,8H2,3H3/b7-6+. The first-order valence-corrected chi connectivity index (χ1v) is 3.96. The van der Waals surface area contributed by atoms with Gasteiger partial charge in [0.15, 0.2) is 0 Å². The van der Waals surface area contributed by atoms with Crippen LogP contribution in [0.4, 0.5) is 0 Å². The monoisotopic (exact) mass is 157 g/mol. The zero-order valence-electron chi connectivity index (χ0n) is 5.96. The lowest BCUT2D eigenvalue weighted by Gasteiger charge is -1.97. The van der Waals surface area contributed by atoms with Crippen LogP contribution in [-0.2, 0) is 11.0 Å². The lowest BCUT2D eigenvalue weighted by atomic mass is 10.3. The maximum Gasteiger partial charge on any atom is 0.122 e. The normalized spacial score (nSPS) is 15.4. The summed E-state index contributed by atoms with van der Waals surface area (Å²) in [5, 5.41) is 5.12. The minimum atomic E-state index is -1.44. The molecule has 0 aromatic heterocycles. The van der Waals surface area contributed by atoms with E-state index in [1.54, 1.807) is 13.0 Å². The lowest BCUT2D eigenvalue weighted by molar-refractivity contribution is 0.688.